The number of rotatable bonds is 13. The summed E-state index contributed by atoms with van der Waals surface area (Å²) in [7, 11) is 3.44. The van der Waals surface area contributed by atoms with Gasteiger partial charge in [-0.05, 0) is 46.5 Å². The molecule has 35 heavy (non-hydrogen) atoms. The predicted molar refractivity (Wildman–Crippen MR) is 122 cm³/mol. The lowest BCUT2D eigenvalue weighted by molar-refractivity contribution is -0.155. The van der Waals surface area contributed by atoms with Crippen molar-refractivity contribution in [3.63, 3.8) is 0 Å². The molecule has 0 aliphatic heterocycles. The maximum Gasteiger partial charge on any atom is 0.323 e. The average Bonchev–Trinajstić information content (AvgIpc) is 3.23. The van der Waals surface area contributed by atoms with Gasteiger partial charge in [-0.1, -0.05) is 0 Å². The molecule has 0 bridgehead atoms. The van der Waals surface area contributed by atoms with Crippen LogP contribution in [0.2, 0.25) is 0 Å². The Labute approximate surface area is 203 Å². The number of nitrogens with two attached hydrogens (primary N) is 1. The third-order valence-corrected chi connectivity index (χ3v) is 5.26. The van der Waals surface area contributed by atoms with Gasteiger partial charge in [0, 0.05) is 12.8 Å². The monoisotopic (exact) mass is 492 g/mol. The Balaban J connectivity index is 1.93. The Bertz CT molecular complexity index is 1030. The number of fused-ring (bicyclic) bond motifs is 1. The van der Waals surface area contributed by atoms with Crippen molar-refractivity contribution < 1.29 is 34.0 Å². The largest absolute Gasteiger partial charge is 0.466 e. The molecule has 0 spiro atoms. The van der Waals surface area contributed by atoms with Crippen LogP contribution in [-0.4, -0.2) is 86.7 Å². The first-order valence-electron chi connectivity index (χ1n) is 11.1. The maximum absolute atomic E-state index is 12.2. The van der Waals surface area contributed by atoms with Crippen LogP contribution in [0, 0.1) is 11.5 Å². The quantitative estimate of drug-likeness (QED) is 0.254. The number of likely N-dealkylation sites (N-methyl/N-ethyl adjacent to an activating group) is 1. The number of nitrogens with zero attached hydrogens (tertiary/aromatic N) is 5. The summed E-state index contributed by atoms with van der Waals surface area (Å²) in [4.78, 5) is 29.9. The first-order valence-corrected chi connectivity index (χ1v) is 11.1. The summed E-state index contributed by atoms with van der Waals surface area (Å²) in [6.45, 7) is 3.47. The van der Waals surface area contributed by atoms with Gasteiger partial charge in [0.2, 0.25) is 0 Å². The van der Waals surface area contributed by atoms with E-state index in [-0.39, 0.29) is 43.5 Å². The summed E-state index contributed by atoms with van der Waals surface area (Å²) >= 11 is 0. The van der Waals surface area contributed by atoms with E-state index in [1.165, 1.54) is 23.2 Å². The number of hydrogen-bond acceptors (Lipinski definition) is 12. The number of ether oxygens (including phenoxy) is 3. The Kier molecular flexibility index (Phi) is 10.2. The van der Waals surface area contributed by atoms with E-state index in [1.807, 2.05) is 0 Å². The molecule has 0 saturated carbocycles. The highest BCUT2D eigenvalue weighted by Gasteiger charge is 2.32. The van der Waals surface area contributed by atoms with Crippen LogP contribution in [-0.2, 0) is 23.8 Å². The van der Waals surface area contributed by atoms with Crippen molar-refractivity contribution in [2.75, 3.05) is 26.4 Å². The second-order valence-corrected chi connectivity index (χ2v) is 8.40. The highest BCUT2D eigenvalue weighted by atomic mass is 16.5. The Hall–Kier alpha value is -3.47. The van der Waals surface area contributed by atoms with Crippen molar-refractivity contribution >= 4 is 23.3 Å². The van der Waals surface area contributed by atoms with Gasteiger partial charge in [0.15, 0.2) is 5.82 Å². The van der Waals surface area contributed by atoms with E-state index in [0.29, 0.717) is 5.52 Å². The number of carbonyl (C=O) groups is 2. The van der Waals surface area contributed by atoms with Crippen molar-refractivity contribution in [3.8, 4) is 6.26 Å². The number of nitrogen functional groups attached to an aromatic ring is 1. The molecule has 0 unspecified atom stereocenters. The second kappa shape index (κ2) is 12.8. The van der Waals surface area contributed by atoms with Crippen LogP contribution in [0.5, 0.6) is 0 Å². The molecule has 4 N–H and O–H groups in total. The van der Waals surface area contributed by atoms with Crippen LogP contribution >= 0.6 is 0 Å². The highest BCUT2D eigenvalue weighted by molar-refractivity contribution is 5.76. The van der Waals surface area contributed by atoms with Gasteiger partial charge in [-0.25, -0.2) is 9.50 Å². The van der Waals surface area contributed by atoms with E-state index in [4.69, 9.17) is 25.2 Å². The molecule has 2 aromatic rings. The lowest BCUT2D eigenvalue weighted by atomic mass is 10.0. The minimum atomic E-state index is -1.55. The Morgan fingerprint density at radius 3 is 2.60 bits per heavy atom. The molecule has 2 aromatic heterocycles. The number of aromatic nitrogens is 3. The summed E-state index contributed by atoms with van der Waals surface area (Å²) < 4.78 is 16.6. The van der Waals surface area contributed by atoms with Crippen LogP contribution in [0.1, 0.15) is 44.9 Å². The molecule has 192 valence electrons. The SMILES string of the molecule is CC(C)OC(=O)[C@H](CCOC(=O)CC[C@@H](OC#N)[C@@H](O)[C@@H](O)c1ccc2c(N)ncnn12)N(C)C. The fraction of sp³-hybridized carbons (Fsp3) is 0.591. The van der Waals surface area contributed by atoms with Gasteiger partial charge in [0.1, 0.15) is 36.2 Å². The van der Waals surface area contributed by atoms with E-state index in [1.54, 1.807) is 38.9 Å². The van der Waals surface area contributed by atoms with Crippen molar-refractivity contribution in [1.82, 2.24) is 19.5 Å². The summed E-state index contributed by atoms with van der Waals surface area (Å²) in [6, 6.07) is 2.51. The molecule has 0 aliphatic rings. The van der Waals surface area contributed by atoms with Crippen LogP contribution in [0.3, 0.4) is 0 Å². The number of hydrogen-bond donors (Lipinski definition) is 3. The van der Waals surface area contributed by atoms with Crippen LogP contribution in [0.25, 0.3) is 5.52 Å². The minimum Gasteiger partial charge on any atom is -0.466 e. The van der Waals surface area contributed by atoms with Gasteiger partial charge in [0.25, 0.3) is 6.26 Å². The number of aliphatic hydroxyl groups is 2. The van der Waals surface area contributed by atoms with E-state index < -0.39 is 36.3 Å². The molecule has 0 saturated heterocycles. The van der Waals surface area contributed by atoms with Gasteiger partial charge in [-0.15, -0.1) is 0 Å². The van der Waals surface area contributed by atoms with Crippen LogP contribution < -0.4 is 5.73 Å². The molecule has 2 rings (SSSR count). The van der Waals surface area contributed by atoms with Crippen LogP contribution in [0.15, 0.2) is 18.5 Å². The minimum absolute atomic E-state index is 0.0267. The van der Waals surface area contributed by atoms with Crippen molar-refractivity contribution in [2.45, 2.75) is 63.6 Å². The third-order valence-electron chi connectivity index (χ3n) is 5.26. The van der Waals surface area contributed by atoms with E-state index in [9.17, 15) is 19.8 Å². The number of aliphatic hydroxyl groups excluding tert-OH is 2. The lowest BCUT2D eigenvalue weighted by Gasteiger charge is -2.24. The summed E-state index contributed by atoms with van der Waals surface area (Å²) in [5, 5.41) is 34.3. The third kappa shape index (κ3) is 7.51. The number of nitriles is 1. The molecular formula is C22H32N6O7. The summed E-state index contributed by atoms with van der Waals surface area (Å²) in [5.41, 5.74) is 6.42. The zero-order valence-electron chi connectivity index (χ0n) is 20.2. The zero-order valence-corrected chi connectivity index (χ0v) is 20.2. The van der Waals surface area contributed by atoms with Gasteiger partial charge < -0.3 is 30.2 Å². The zero-order chi connectivity index (χ0) is 26.1. The van der Waals surface area contributed by atoms with E-state index in [0.717, 1.165) is 0 Å². The highest BCUT2D eigenvalue weighted by Crippen LogP contribution is 2.25. The molecule has 0 fully saturated rings. The molecule has 0 radical (unpaired) electrons. The van der Waals surface area contributed by atoms with E-state index >= 15 is 0 Å². The first-order chi connectivity index (χ1) is 16.6. The molecule has 0 amide bonds. The fourth-order valence-corrected chi connectivity index (χ4v) is 3.46. The van der Waals surface area contributed by atoms with Gasteiger partial charge >= 0.3 is 11.9 Å². The summed E-state index contributed by atoms with van der Waals surface area (Å²) in [6.07, 6.45) is -1.87. The van der Waals surface area contributed by atoms with Crippen molar-refractivity contribution in [2.24, 2.45) is 0 Å². The summed E-state index contributed by atoms with van der Waals surface area (Å²) in [5.74, 6) is -0.832. The molecule has 2 heterocycles. The second-order valence-electron chi connectivity index (χ2n) is 8.40. The fourth-order valence-electron chi connectivity index (χ4n) is 3.46. The molecule has 0 aliphatic carbocycles. The molecular weight excluding hydrogens is 460 g/mol. The van der Waals surface area contributed by atoms with Gasteiger partial charge in [0.05, 0.1) is 18.4 Å². The van der Waals surface area contributed by atoms with E-state index in [2.05, 4.69) is 10.1 Å². The first kappa shape index (κ1) is 27.8. The Morgan fingerprint density at radius 2 is 1.97 bits per heavy atom. The van der Waals surface area contributed by atoms with Gasteiger partial charge in [-0.3, -0.25) is 14.5 Å². The Morgan fingerprint density at radius 1 is 1.26 bits per heavy atom. The van der Waals surface area contributed by atoms with Gasteiger partial charge in [-0.2, -0.15) is 10.4 Å². The van der Waals surface area contributed by atoms with Crippen molar-refractivity contribution in [1.29, 1.82) is 5.26 Å². The normalized spacial score (nSPS) is 14.8. The number of anilines is 1. The molecule has 0 aromatic carbocycles. The predicted octanol–water partition coefficient (Wildman–Crippen LogP) is 0.167. The lowest BCUT2D eigenvalue weighted by Crippen LogP contribution is -2.39. The molecule has 13 nitrogen and oxygen atoms in total. The van der Waals surface area contributed by atoms with Crippen LogP contribution in [0.4, 0.5) is 5.82 Å². The standard InChI is InChI=1S/C22H32N6O7/c1-13(2)35-22(32)16(27(3)4)9-10-33-18(29)8-7-17(34-11-23)20(31)19(30)14-5-6-15-21(24)25-12-26-28(14)15/h5-6,12-13,16-17,19-20,30-31H,7-10H2,1-4H3,(H2,24,25,26)/t16-,17+,19-,20+/m0/s1. The maximum atomic E-state index is 12.2. The van der Waals surface area contributed by atoms with Crippen molar-refractivity contribution in [3.05, 3.63) is 24.2 Å². The number of esters is 2. The average molecular weight is 493 g/mol. The topological polar surface area (TPSA) is 186 Å². The molecule has 4 atom stereocenters. The number of carbonyl (C=O) groups excluding carboxylic acids is 2. The smallest absolute Gasteiger partial charge is 0.323 e. The molecule has 13 heteroatoms.